The largest absolute Gasteiger partial charge is 0.382 e. The molecule has 0 saturated heterocycles. The molecule has 0 aliphatic rings. The average molecular weight is 373 g/mol. The lowest BCUT2D eigenvalue weighted by Crippen LogP contribution is -2.45. The minimum absolute atomic E-state index is 0.0181. The number of Topliss-reactive ketones (excluding diaryl/α,β-unsaturated/α-hetero) is 1. The molecule has 0 aromatic carbocycles. The number of urea groups is 1. The van der Waals surface area contributed by atoms with Crippen molar-refractivity contribution < 1.29 is 23.9 Å². The maximum Gasteiger partial charge on any atom is 0.312 e. The molecule has 0 bridgehead atoms. The van der Waals surface area contributed by atoms with Gasteiger partial charge in [0.05, 0.1) is 25.9 Å². The zero-order valence-corrected chi connectivity index (χ0v) is 16.5. The van der Waals surface area contributed by atoms with Crippen molar-refractivity contribution in [3.05, 3.63) is 0 Å². The number of ether oxygens (including phenoxy) is 2. The smallest absolute Gasteiger partial charge is 0.312 e. The Morgan fingerprint density at radius 2 is 1.77 bits per heavy atom. The summed E-state index contributed by atoms with van der Waals surface area (Å²) in [5.74, 6) is 0.0362. The van der Waals surface area contributed by atoms with Crippen molar-refractivity contribution in [2.75, 3.05) is 33.5 Å². The van der Waals surface area contributed by atoms with E-state index >= 15 is 0 Å². The lowest BCUT2D eigenvalue weighted by molar-refractivity contribution is -0.130. The van der Waals surface area contributed by atoms with Gasteiger partial charge in [0.25, 0.3) is 0 Å². The topological polar surface area (TPSA) is 120 Å². The molecule has 0 aromatic heterocycles. The second-order valence-corrected chi connectivity index (χ2v) is 6.85. The molecule has 0 aromatic rings. The summed E-state index contributed by atoms with van der Waals surface area (Å²) in [4.78, 5) is 35.2. The van der Waals surface area contributed by atoms with E-state index < -0.39 is 12.1 Å². The van der Waals surface area contributed by atoms with Crippen LogP contribution in [0.15, 0.2) is 0 Å². The summed E-state index contributed by atoms with van der Waals surface area (Å²) < 4.78 is 10.1. The highest BCUT2D eigenvalue weighted by molar-refractivity contribution is 5.89. The first kappa shape index (κ1) is 24.3. The van der Waals surface area contributed by atoms with E-state index in [1.54, 1.807) is 7.11 Å². The Hall–Kier alpha value is -1.67. The van der Waals surface area contributed by atoms with E-state index in [-0.39, 0.29) is 29.9 Å². The van der Waals surface area contributed by atoms with Gasteiger partial charge < -0.3 is 25.8 Å². The number of rotatable bonds is 15. The highest BCUT2D eigenvalue weighted by Crippen LogP contribution is 2.15. The first-order valence-electron chi connectivity index (χ1n) is 9.20. The van der Waals surface area contributed by atoms with Crippen LogP contribution < -0.4 is 16.4 Å². The Labute approximate surface area is 156 Å². The quantitative estimate of drug-likeness (QED) is 0.373. The highest BCUT2D eigenvalue weighted by atomic mass is 16.5. The fourth-order valence-corrected chi connectivity index (χ4v) is 2.51. The van der Waals surface area contributed by atoms with Crippen LogP contribution >= 0.6 is 0 Å². The molecule has 0 rings (SSSR count). The first-order chi connectivity index (χ1) is 12.3. The Kier molecular flexibility index (Phi) is 13.6. The molecule has 4 N–H and O–H groups in total. The van der Waals surface area contributed by atoms with Crippen LogP contribution in [-0.4, -0.2) is 57.2 Å². The van der Waals surface area contributed by atoms with Gasteiger partial charge in [-0.3, -0.25) is 9.59 Å². The molecule has 0 radical (unpaired) electrons. The monoisotopic (exact) mass is 373 g/mol. The van der Waals surface area contributed by atoms with Crippen molar-refractivity contribution in [2.24, 2.45) is 17.6 Å². The predicted molar refractivity (Wildman–Crippen MR) is 99.7 cm³/mol. The van der Waals surface area contributed by atoms with Crippen LogP contribution in [0.5, 0.6) is 0 Å². The van der Waals surface area contributed by atoms with Crippen molar-refractivity contribution in [3.63, 3.8) is 0 Å². The van der Waals surface area contributed by atoms with E-state index in [1.807, 2.05) is 20.8 Å². The lowest BCUT2D eigenvalue weighted by atomic mass is 9.91. The van der Waals surface area contributed by atoms with Crippen LogP contribution in [0.1, 0.15) is 46.5 Å². The van der Waals surface area contributed by atoms with Gasteiger partial charge in [-0.25, -0.2) is 4.79 Å². The summed E-state index contributed by atoms with van der Waals surface area (Å²) in [5.41, 5.74) is 5.01. The SMILES string of the molecule is COCCOCCC(=O)N[C@H](C(=O)C[C@H](C)CCCNC(N)=O)C(C)C. The summed E-state index contributed by atoms with van der Waals surface area (Å²) in [5, 5.41) is 5.35. The van der Waals surface area contributed by atoms with Gasteiger partial charge in [0.2, 0.25) is 5.91 Å². The van der Waals surface area contributed by atoms with E-state index in [0.717, 1.165) is 12.8 Å². The second-order valence-electron chi connectivity index (χ2n) is 6.85. The van der Waals surface area contributed by atoms with Gasteiger partial charge in [0.15, 0.2) is 5.78 Å². The molecule has 8 heteroatoms. The number of hydrogen-bond donors (Lipinski definition) is 3. The van der Waals surface area contributed by atoms with Crippen LogP contribution in [0.25, 0.3) is 0 Å². The van der Waals surface area contributed by atoms with Crippen molar-refractivity contribution in [3.8, 4) is 0 Å². The molecular formula is C18H35N3O5. The summed E-state index contributed by atoms with van der Waals surface area (Å²) in [6.07, 6.45) is 2.17. The van der Waals surface area contributed by atoms with Crippen LogP contribution in [0.3, 0.4) is 0 Å². The minimum atomic E-state index is -0.539. The first-order valence-corrected chi connectivity index (χ1v) is 9.20. The van der Waals surface area contributed by atoms with Gasteiger partial charge >= 0.3 is 6.03 Å². The van der Waals surface area contributed by atoms with E-state index in [4.69, 9.17) is 15.2 Å². The van der Waals surface area contributed by atoms with Crippen LogP contribution in [0.4, 0.5) is 4.79 Å². The van der Waals surface area contributed by atoms with Crippen molar-refractivity contribution in [2.45, 2.75) is 52.5 Å². The molecule has 0 aliphatic carbocycles. The number of ketones is 1. The highest BCUT2D eigenvalue weighted by Gasteiger charge is 2.25. The number of nitrogens with one attached hydrogen (secondary N) is 2. The molecule has 26 heavy (non-hydrogen) atoms. The molecule has 8 nitrogen and oxygen atoms in total. The number of carbonyl (C=O) groups is 3. The van der Waals surface area contributed by atoms with Gasteiger partial charge in [-0.05, 0) is 24.7 Å². The van der Waals surface area contributed by atoms with Crippen LogP contribution in [0.2, 0.25) is 0 Å². The molecule has 2 atom stereocenters. The number of primary amides is 1. The number of hydrogen-bond acceptors (Lipinski definition) is 5. The van der Waals surface area contributed by atoms with Crippen LogP contribution in [-0.2, 0) is 19.1 Å². The van der Waals surface area contributed by atoms with Gasteiger partial charge in [0, 0.05) is 26.5 Å². The fourth-order valence-electron chi connectivity index (χ4n) is 2.51. The summed E-state index contributed by atoms with van der Waals surface area (Å²) in [6.45, 7) is 7.56. The molecule has 0 unspecified atom stereocenters. The van der Waals surface area contributed by atoms with E-state index in [1.165, 1.54) is 0 Å². The van der Waals surface area contributed by atoms with E-state index in [0.29, 0.717) is 32.8 Å². The van der Waals surface area contributed by atoms with E-state index in [9.17, 15) is 14.4 Å². The summed E-state index contributed by atoms with van der Waals surface area (Å²) in [7, 11) is 1.59. The maximum atomic E-state index is 12.5. The molecule has 152 valence electrons. The molecule has 0 aliphatic heterocycles. The zero-order chi connectivity index (χ0) is 19.9. The van der Waals surface area contributed by atoms with Crippen molar-refractivity contribution >= 4 is 17.7 Å². The minimum Gasteiger partial charge on any atom is -0.382 e. The molecule has 0 heterocycles. The Morgan fingerprint density at radius 1 is 1.08 bits per heavy atom. The van der Waals surface area contributed by atoms with Gasteiger partial charge in [-0.1, -0.05) is 20.8 Å². The number of amides is 3. The van der Waals surface area contributed by atoms with Gasteiger partial charge in [-0.2, -0.15) is 0 Å². The normalized spacial score (nSPS) is 13.3. The third kappa shape index (κ3) is 12.7. The Morgan fingerprint density at radius 3 is 2.35 bits per heavy atom. The van der Waals surface area contributed by atoms with Gasteiger partial charge in [-0.15, -0.1) is 0 Å². The Bertz CT molecular complexity index is 429. The molecule has 0 saturated carbocycles. The number of nitrogens with two attached hydrogens (primary N) is 1. The number of methoxy groups -OCH3 is 1. The van der Waals surface area contributed by atoms with Crippen molar-refractivity contribution in [1.29, 1.82) is 0 Å². The van der Waals surface area contributed by atoms with Crippen molar-refractivity contribution in [1.82, 2.24) is 10.6 Å². The molecule has 0 spiro atoms. The van der Waals surface area contributed by atoms with E-state index in [2.05, 4.69) is 10.6 Å². The maximum absolute atomic E-state index is 12.5. The average Bonchev–Trinajstić information content (AvgIpc) is 2.55. The number of carbonyl (C=O) groups excluding carboxylic acids is 3. The summed E-state index contributed by atoms with van der Waals surface area (Å²) in [6, 6.07) is -1.03. The standard InChI is InChI=1S/C18H35N3O5/c1-13(2)17(21-16(23)7-9-26-11-10-25-4)15(22)12-14(3)6-5-8-20-18(19)24/h13-14,17H,5-12H2,1-4H3,(H,21,23)(H3,19,20,24)/t14-,17+/m1/s1. The van der Waals surface area contributed by atoms with Gasteiger partial charge in [0.1, 0.15) is 0 Å². The fraction of sp³-hybridized carbons (Fsp3) is 0.833. The second kappa shape index (κ2) is 14.5. The van der Waals surface area contributed by atoms with Crippen LogP contribution in [0, 0.1) is 11.8 Å². The third-order valence-electron chi connectivity index (χ3n) is 3.96. The molecular weight excluding hydrogens is 338 g/mol. The summed E-state index contributed by atoms with van der Waals surface area (Å²) >= 11 is 0. The predicted octanol–water partition coefficient (Wildman–Crippen LogP) is 1.22. The molecule has 3 amide bonds. The zero-order valence-electron chi connectivity index (χ0n) is 16.5. The Balaban J connectivity index is 4.22. The third-order valence-corrected chi connectivity index (χ3v) is 3.96. The lowest BCUT2D eigenvalue weighted by Gasteiger charge is -2.23. The molecule has 0 fully saturated rings.